The fourth-order valence-electron chi connectivity index (χ4n) is 2.47. The van der Waals surface area contributed by atoms with Crippen molar-refractivity contribution in [3.63, 3.8) is 0 Å². The van der Waals surface area contributed by atoms with Crippen LogP contribution < -0.4 is 15.2 Å². The van der Waals surface area contributed by atoms with Gasteiger partial charge < -0.3 is 15.2 Å². The monoisotopic (exact) mass is 336 g/mol. The molecule has 1 amide bonds. The number of rotatable bonds is 7. The van der Waals surface area contributed by atoms with Gasteiger partial charge in [0, 0.05) is 11.5 Å². The average molecular weight is 336 g/mol. The number of tetrazole rings is 1. The molecule has 1 atom stereocenters. The van der Waals surface area contributed by atoms with E-state index in [2.05, 4.69) is 25.9 Å². The van der Waals surface area contributed by atoms with Crippen molar-refractivity contribution in [2.75, 3.05) is 11.9 Å². The maximum Gasteiger partial charge on any atom is 0.232 e. The Morgan fingerprint density at radius 1 is 1.16 bits per heavy atom. The second-order valence-corrected chi connectivity index (χ2v) is 5.43. The number of ether oxygens (including phenoxy) is 1. The number of carbonyl (C=O) groups excluding carboxylic acids is 1. The quantitative estimate of drug-likeness (QED) is 0.711. The molecule has 0 spiro atoms. The fraction of sp³-hybridized carbons (Fsp3) is 0.222. The van der Waals surface area contributed by atoms with Crippen LogP contribution in [0.15, 0.2) is 54.6 Å². The highest BCUT2D eigenvalue weighted by Gasteiger charge is 2.21. The van der Waals surface area contributed by atoms with Gasteiger partial charge in [-0.2, -0.15) is 5.21 Å². The minimum Gasteiger partial charge on any atom is -0.494 e. The summed E-state index contributed by atoms with van der Waals surface area (Å²) >= 11 is 0. The predicted molar refractivity (Wildman–Crippen MR) is 92.3 cm³/mol. The van der Waals surface area contributed by atoms with E-state index in [0.717, 1.165) is 11.3 Å². The third-order valence-electron chi connectivity index (χ3n) is 3.68. The highest BCUT2D eigenvalue weighted by Crippen LogP contribution is 2.21. The van der Waals surface area contributed by atoms with E-state index < -0.39 is 5.92 Å². The van der Waals surface area contributed by atoms with E-state index in [1.807, 2.05) is 49.4 Å². The summed E-state index contributed by atoms with van der Waals surface area (Å²) in [5.41, 5.74) is 1.69. The van der Waals surface area contributed by atoms with Crippen molar-refractivity contribution in [2.24, 2.45) is 0 Å². The van der Waals surface area contributed by atoms with Gasteiger partial charge in [0.1, 0.15) is 5.75 Å². The standard InChI is InChI=1S/C18H19N5O2/c1-2-25-15-10-8-14(9-11-15)19-18(24)16(17-20-22-23-21-17)12-13-6-4-3-5-7-13/h3-11,16H,2,12H2,1H3,(H2,19,20,21,22,23,24)/p-1/t16-/m1/s1. The molecule has 128 valence electrons. The number of carbonyl (C=O) groups is 1. The number of hydrogen-bond acceptors (Lipinski definition) is 5. The topological polar surface area (TPSA) is 91.1 Å². The number of anilines is 1. The predicted octanol–water partition coefficient (Wildman–Crippen LogP) is 2.19. The number of hydrogen-bond donors (Lipinski definition) is 1. The number of aromatic nitrogens is 4. The van der Waals surface area contributed by atoms with E-state index >= 15 is 0 Å². The van der Waals surface area contributed by atoms with Gasteiger partial charge in [-0.1, -0.05) is 30.3 Å². The molecule has 3 aromatic rings. The Morgan fingerprint density at radius 3 is 2.56 bits per heavy atom. The Bertz CT molecular complexity index is 788. The Hall–Kier alpha value is -3.22. The first-order chi connectivity index (χ1) is 12.3. The van der Waals surface area contributed by atoms with Crippen LogP contribution in [-0.4, -0.2) is 28.0 Å². The molecule has 0 aliphatic carbocycles. The van der Waals surface area contributed by atoms with Crippen LogP contribution in [0.5, 0.6) is 5.75 Å². The number of benzene rings is 2. The molecule has 0 saturated carbocycles. The van der Waals surface area contributed by atoms with Gasteiger partial charge in [0.15, 0.2) is 0 Å². The summed E-state index contributed by atoms with van der Waals surface area (Å²) in [6, 6.07) is 16.9. The number of amides is 1. The molecule has 0 unspecified atom stereocenters. The van der Waals surface area contributed by atoms with Crippen molar-refractivity contribution in [3.8, 4) is 5.75 Å². The minimum absolute atomic E-state index is 0.206. The third-order valence-corrected chi connectivity index (χ3v) is 3.68. The van der Waals surface area contributed by atoms with E-state index in [0.29, 0.717) is 24.5 Å². The van der Waals surface area contributed by atoms with Crippen LogP contribution in [0.1, 0.15) is 24.2 Å². The van der Waals surface area contributed by atoms with Crippen molar-refractivity contribution in [1.29, 1.82) is 0 Å². The van der Waals surface area contributed by atoms with Crippen molar-refractivity contribution >= 4 is 11.6 Å². The number of nitrogens with one attached hydrogen (secondary N) is 1. The molecule has 7 nitrogen and oxygen atoms in total. The van der Waals surface area contributed by atoms with Crippen LogP contribution in [0.25, 0.3) is 0 Å². The van der Waals surface area contributed by atoms with E-state index in [9.17, 15) is 4.79 Å². The Balaban J connectivity index is 1.75. The van der Waals surface area contributed by atoms with E-state index in [1.54, 1.807) is 12.1 Å². The molecule has 0 fully saturated rings. The summed E-state index contributed by atoms with van der Waals surface area (Å²) in [7, 11) is 0. The molecule has 0 radical (unpaired) electrons. The average Bonchev–Trinajstić information content (AvgIpc) is 3.17. The lowest BCUT2D eigenvalue weighted by molar-refractivity contribution is -0.117. The fourth-order valence-corrected chi connectivity index (χ4v) is 2.47. The molecular formula is C18H18N5O2-. The van der Waals surface area contributed by atoms with Crippen molar-refractivity contribution < 1.29 is 9.53 Å². The van der Waals surface area contributed by atoms with E-state index in [1.165, 1.54) is 0 Å². The summed E-state index contributed by atoms with van der Waals surface area (Å²) < 4.78 is 5.40. The van der Waals surface area contributed by atoms with Crippen molar-refractivity contribution in [3.05, 3.63) is 66.0 Å². The van der Waals surface area contributed by atoms with Crippen molar-refractivity contribution in [1.82, 2.24) is 20.6 Å². The number of nitrogens with zero attached hydrogens (tertiary/aromatic N) is 4. The molecule has 1 aromatic heterocycles. The zero-order valence-electron chi connectivity index (χ0n) is 13.8. The lowest BCUT2D eigenvalue weighted by Gasteiger charge is -2.17. The summed E-state index contributed by atoms with van der Waals surface area (Å²) in [5, 5.41) is 17.6. The zero-order valence-corrected chi connectivity index (χ0v) is 13.8. The first-order valence-electron chi connectivity index (χ1n) is 8.02. The highest BCUT2D eigenvalue weighted by atomic mass is 16.5. The Labute approximate surface area is 145 Å². The second-order valence-electron chi connectivity index (χ2n) is 5.43. The molecule has 0 saturated heterocycles. The van der Waals surface area contributed by atoms with Crippen LogP contribution >= 0.6 is 0 Å². The van der Waals surface area contributed by atoms with E-state index in [-0.39, 0.29) is 5.91 Å². The van der Waals surface area contributed by atoms with Gasteiger partial charge in [-0.3, -0.25) is 15.1 Å². The van der Waals surface area contributed by atoms with Crippen LogP contribution in [0, 0.1) is 0 Å². The highest BCUT2D eigenvalue weighted by molar-refractivity contribution is 5.95. The van der Waals surface area contributed by atoms with Gasteiger partial charge in [-0.25, -0.2) is 0 Å². The smallest absolute Gasteiger partial charge is 0.232 e. The van der Waals surface area contributed by atoms with Gasteiger partial charge >= 0.3 is 0 Å². The molecule has 3 rings (SSSR count). The molecule has 25 heavy (non-hydrogen) atoms. The zero-order chi connectivity index (χ0) is 17.5. The maximum atomic E-state index is 12.7. The molecule has 7 heteroatoms. The van der Waals surface area contributed by atoms with Gasteiger partial charge in [0.05, 0.1) is 12.5 Å². The van der Waals surface area contributed by atoms with Gasteiger partial charge in [-0.15, -0.1) is 0 Å². The third kappa shape index (κ3) is 4.41. The summed E-state index contributed by atoms with van der Waals surface area (Å²) in [6.45, 7) is 2.52. The molecule has 0 aliphatic rings. The molecule has 1 N–H and O–H groups in total. The Morgan fingerprint density at radius 2 is 1.92 bits per heavy atom. The van der Waals surface area contributed by atoms with Crippen molar-refractivity contribution in [2.45, 2.75) is 19.3 Å². The first kappa shape index (κ1) is 16.6. The molecule has 1 heterocycles. The molecular weight excluding hydrogens is 318 g/mol. The van der Waals surface area contributed by atoms with E-state index in [4.69, 9.17) is 4.74 Å². The van der Waals surface area contributed by atoms with Gasteiger partial charge in [-0.05, 0) is 43.2 Å². The normalized spacial score (nSPS) is 11.7. The van der Waals surface area contributed by atoms with Gasteiger partial charge in [0.2, 0.25) is 5.91 Å². The molecule has 0 aliphatic heterocycles. The maximum absolute atomic E-state index is 12.7. The summed E-state index contributed by atoms with van der Waals surface area (Å²) in [6.07, 6.45) is 0.469. The molecule has 2 aromatic carbocycles. The lowest BCUT2D eigenvalue weighted by atomic mass is 9.97. The van der Waals surface area contributed by atoms with Crippen LogP contribution in [-0.2, 0) is 11.2 Å². The minimum atomic E-state index is -0.566. The second kappa shape index (κ2) is 8.05. The largest absolute Gasteiger partial charge is 0.494 e. The van der Waals surface area contributed by atoms with Gasteiger partial charge in [0.25, 0.3) is 0 Å². The SMILES string of the molecule is CCOc1ccc(NC(=O)[C@H](Cc2ccccc2)c2nnn[n-]2)cc1. The molecule has 0 bridgehead atoms. The van der Waals surface area contributed by atoms with Crippen LogP contribution in [0.3, 0.4) is 0 Å². The lowest BCUT2D eigenvalue weighted by Crippen LogP contribution is -2.24. The Kier molecular flexibility index (Phi) is 5.36. The van der Waals surface area contributed by atoms with Crippen LogP contribution in [0.4, 0.5) is 5.69 Å². The summed E-state index contributed by atoms with van der Waals surface area (Å²) in [5.74, 6) is 0.299. The first-order valence-corrected chi connectivity index (χ1v) is 8.02. The summed E-state index contributed by atoms with van der Waals surface area (Å²) in [4.78, 5) is 12.7. The van der Waals surface area contributed by atoms with Crippen LogP contribution in [0.2, 0.25) is 0 Å².